The van der Waals surface area contributed by atoms with Crippen molar-refractivity contribution >= 4 is 28.2 Å². The lowest BCUT2D eigenvalue weighted by molar-refractivity contribution is 0.0486. The molecule has 1 saturated heterocycles. The van der Waals surface area contributed by atoms with Crippen LogP contribution in [0.15, 0.2) is 44.9 Å². The molecule has 1 aliphatic heterocycles. The van der Waals surface area contributed by atoms with Crippen LogP contribution in [0.25, 0.3) is 11.0 Å². The largest absolute Gasteiger partial charge is 0.450 e. The second-order valence-corrected chi connectivity index (χ2v) is 8.37. The van der Waals surface area contributed by atoms with Crippen LogP contribution >= 0.6 is 11.3 Å². The van der Waals surface area contributed by atoms with E-state index >= 15 is 0 Å². The maximum atomic E-state index is 13.3. The van der Waals surface area contributed by atoms with E-state index in [1.165, 1.54) is 6.07 Å². The average molecular weight is 397 g/mol. The van der Waals surface area contributed by atoms with Gasteiger partial charge in [0.2, 0.25) is 0 Å². The highest BCUT2D eigenvalue weighted by Crippen LogP contribution is 2.22. The second-order valence-electron chi connectivity index (χ2n) is 7.33. The van der Waals surface area contributed by atoms with Gasteiger partial charge < -0.3 is 14.1 Å². The molecule has 3 heterocycles. The number of carbonyl (C=O) groups excluding carboxylic acids is 1. The summed E-state index contributed by atoms with van der Waals surface area (Å²) in [7, 11) is 0. The third-order valence-electron chi connectivity index (χ3n) is 5.03. The Balaban J connectivity index is 1.69. The number of hydrogen-bond acceptors (Lipinski definition) is 5. The van der Waals surface area contributed by atoms with Crippen LogP contribution in [-0.4, -0.2) is 30.1 Å². The van der Waals surface area contributed by atoms with Crippen molar-refractivity contribution in [3.05, 3.63) is 67.7 Å². The summed E-state index contributed by atoms with van der Waals surface area (Å²) in [4.78, 5) is 28.7. The lowest BCUT2D eigenvalue weighted by atomic mass is 10.1. The topological polar surface area (TPSA) is 59.8 Å². The van der Waals surface area contributed by atoms with Crippen LogP contribution in [0.5, 0.6) is 0 Å². The van der Waals surface area contributed by atoms with E-state index in [1.807, 2.05) is 37.4 Å². The second kappa shape index (κ2) is 7.89. The SMILES string of the molecule is Cc1cc(C)c2oc(C(=O)N(Cc3cccs3)C[C@@H]3CCCO3)cc(=O)c2c1. The first-order chi connectivity index (χ1) is 13.5. The third-order valence-corrected chi connectivity index (χ3v) is 5.89. The Hall–Kier alpha value is -2.44. The summed E-state index contributed by atoms with van der Waals surface area (Å²) in [6, 6.07) is 9.05. The van der Waals surface area contributed by atoms with Crippen LogP contribution in [0.1, 0.15) is 39.4 Å². The number of carbonyl (C=O) groups is 1. The summed E-state index contributed by atoms with van der Waals surface area (Å²) in [5.41, 5.74) is 2.14. The van der Waals surface area contributed by atoms with Gasteiger partial charge in [-0.05, 0) is 55.3 Å². The number of aryl methyl sites for hydroxylation is 2. The van der Waals surface area contributed by atoms with Crippen LogP contribution in [0.4, 0.5) is 0 Å². The Morgan fingerprint density at radius 3 is 2.86 bits per heavy atom. The van der Waals surface area contributed by atoms with Gasteiger partial charge in [-0.3, -0.25) is 9.59 Å². The summed E-state index contributed by atoms with van der Waals surface area (Å²) in [5, 5.41) is 2.50. The lowest BCUT2D eigenvalue weighted by Crippen LogP contribution is -2.37. The highest BCUT2D eigenvalue weighted by molar-refractivity contribution is 7.09. The Morgan fingerprint density at radius 1 is 1.29 bits per heavy atom. The summed E-state index contributed by atoms with van der Waals surface area (Å²) >= 11 is 1.60. The predicted molar refractivity (Wildman–Crippen MR) is 110 cm³/mol. The molecule has 0 N–H and O–H groups in total. The molecule has 1 aromatic carbocycles. The number of fused-ring (bicyclic) bond motifs is 1. The first-order valence-corrected chi connectivity index (χ1v) is 10.4. The van der Waals surface area contributed by atoms with E-state index < -0.39 is 0 Å². The maximum Gasteiger partial charge on any atom is 0.290 e. The van der Waals surface area contributed by atoms with Crippen molar-refractivity contribution in [3.8, 4) is 0 Å². The Bertz CT molecular complexity index is 1050. The number of benzene rings is 1. The van der Waals surface area contributed by atoms with Gasteiger partial charge in [-0.25, -0.2) is 0 Å². The van der Waals surface area contributed by atoms with Gasteiger partial charge in [0.15, 0.2) is 11.2 Å². The molecule has 0 unspecified atom stereocenters. The molecular formula is C22H23NO4S. The minimum Gasteiger partial charge on any atom is -0.450 e. The minimum atomic E-state index is -0.275. The van der Waals surface area contributed by atoms with Crippen molar-refractivity contribution in [2.75, 3.05) is 13.2 Å². The predicted octanol–water partition coefficient (Wildman–Crippen LogP) is 4.29. The standard InChI is InChI=1S/C22H23NO4S/c1-14-9-15(2)21-18(10-14)19(24)11-20(27-21)22(25)23(12-16-5-3-7-26-16)13-17-6-4-8-28-17/h4,6,8-11,16H,3,5,7,12-13H2,1-2H3/t16-/m0/s1. The van der Waals surface area contributed by atoms with Crippen LogP contribution < -0.4 is 5.43 Å². The van der Waals surface area contributed by atoms with Gasteiger partial charge in [-0.15, -0.1) is 11.3 Å². The molecule has 0 aliphatic carbocycles. The zero-order chi connectivity index (χ0) is 19.7. The third kappa shape index (κ3) is 3.88. The van der Waals surface area contributed by atoms with Gasteiger partial charge in [0, 0.05) is 24.1 Å². The maximum absolute atomic E-state index is 13.3. The molecule has 146 valence electrons. The zero-order valence-electron chi connectivity index (χ0n) is 16.1. The molecule has 2 aromatic heterocycles. The lowest BCUT2D eigenvalue weighted by Gasteiger charge is -2.24. The summed E-state index contributed by atoms with van der Waals surface area (Å²) < 4.78 is 11.7. The molecule has 0 radical (unpaired) electrons. The Kier molecular flexibility index (Phi) is 5.33. The number of amides is 1. The van der Waals surface area contributed by atoms with E-state index in [4.69, 9.17) is 9.15 Å². The molecule has 5 nitrogen and oxygen atoms in total. The first-order valence-electron chi connectivity index (χ1n) is 9.49. The van der Waals surface area contributed by atoms with Crippen LogP contribution in [-0.2, 0) is 11.3 Å². The molecule has 4 rings (SSSR count). The summed E-state index contributed by atoms with van der Waals surface area (Å²) in [5.74, 6) is -0.193. The van der Waals surface area contributed by atoms with E-state index in [0.29, 0.717) is 24.1 Å². The van der Waals surface area contributed by atoms with Gasteiger partial charge >= 0.3 is 0 Å². The highest BCUT2D eigenvalue weighted by atomic mass is 32.1. The average Bonchev–Trinajstić information content (AvgIpc) is 3.35. The Morgan fingerprint density at radius 2 is 2.14 bits per heavy atom. The number of thiophene rings is 1. The molecule has 3 aromatic rings. The fraction of sp³-hybridized carbons (Fsp3) is 0.364. The van der Waals surface area contributed by atoms with Crippen molar-refractivity contribution in [1.82, 2.24) is 4.90 Å². The molecular weight excluding hydrogens is 374 g/mol. The summed E-state index contributed by atoms with van der Waals surface area (Å²) in [6.07, 6.45) is 1.98. The molecule has 1 aliphatic rings. The zero-order valence-corrected chi connectivity index (χ0v) is 16.9. The van der Waals surface area contributed by atoms with E-state index in [1.54, 1.807) is 22.3 Å². The monoisotopic (exact) mass is 397 g/mol. The Labute approximate surface area is 167 Å². The normalized spacial score (nSPS) is 16.6. The number of hydrogen-bond donors (Lipinski definition) is 0. The van der Waals surface area contributed by atoms with Gasteiger partial charge in [0.1, 0.15) is 5.58 Å². The van der Waals surface area contributed by atoms with Crippen molar-refractivity contribution < 1.29 is 13.9 Å². The van der Waals surface area contributed by atoms with Crippen LogP contribution in [0.2, 0.25) is 0 Å². The van der Waals surface area contributed by atoms with Gasteiger partial charge in [-0.2, -0.15) is 0 Å². The molecule has 0 saturated carbocycles. The van der Waals surface area contributed by atoms with Gasteiger partial charge in [0.25, 0.3) is 5.91 Å². The van der Waals surface area contributed by atoms with E-state index in [0.717, 1.165) is 35.5 Å². The van der Waals surface area contributed by atoms with Crippen LogP contribution in [0.3, 0.4) is 0 Å². The van der Waals surface area contributed by atoms with E-state index in [-0.39, 0.29) is 23.2 Å². The van der Waals surface area contributed by atoms with Crippen LogP contribution in [0, 0.1) is 13.8 Å². The van der Waals surface area contributed by atoms with Crippen molar-refractivity contribution in [1.29, 1.82) is 0 Å². The molecule has 0 bridgehead atoms. The highest BCUT2D eigenvalue weighted by Gasteiger charge is 2.26. The molecule has 28 heavy (non-hydrogen) atoms. The molecule has 1 fully saturated rings. The molecule has 0 spiro atoms. The van der Waals surface area contributed by atoms with Crippen molar-refractivity contribution in [2.45, 2.75) is 39.3 Å². The van der Waals surface area contributed by atoms with Crippen molar-refractivity contribution in [3.63, 3.8) is 0 Å². The van der Waals surface area contributed by atoms with Crippen molar-refractivity contribution in [2.24, 2.45) is 0 Å². The van der Waals surface area contributed by atoms with Gasteiger partial charge in [0.05, 0.1) is 18.0 Å². The van der Waals surface area contributed by atoms with Gasteiger partial charge in [-0.1, -0.05) is 12.1 Å². The molecule has 1 amide bonds. The first kappa shape index (κ1) is 18.9. The number of ether oxygens (including phenoxy) is 1. The minimum absolute atomic E-state index is 0.0282. The number of nitrogens with zero attached hydrogens (tertiary/aromatic N) is 1. The molecule has 1 atom stereocenters. The number of rotatable bonds is 5. The summed E-state index contributed by atoms with van der Waals surface area (Å²) in [6.45, 7) is 5.53. The van der Waals surface area contributed by atoms with E-state index in [2.05, 4.69) is 0 Å². The smallest absolute Gasteiger partial charge is 0.290 e. The fourth-order valence-electron chi connectivity index (χ4n) is 3.71. The fourth-order valence-corrected chi connectivity index (χ4v) is 4.43. The molecule has 6 heteroatoms. The quantitative estimate of drug-likeness (QED) is 0.644. The van der Waals surface area contributed by atoms with E-state index in [9.17, 15) is 9.59 Å².